The van der Waals surface area contributed by atoms with Crippen molar-refractivity contribution in [2.24, 2.45) is 0 Å². The van der Waals surface area contributed by atoms with Crippen LogP contribution in [0.3, 0.4) is 0 Å². The molecule has 0 aliphatic carbocycles. The predicted molar refractivity (Wildman–Crippen MR) is 87.1 cm³/mol. The summed E-state index contributed by atoms with van der Waals surface area (Å²) in [4.78, 5) is 26.0. The molecule has 0 spiro atoms. The van der Waals surface area contributed by atoms with Gasteiger partial charge in [-0.1, -0.05) is 6.07 Å². The number of aliphatic hydroxyl groups is 1. The molecule has 2 N–H and O–H groups in total. The molecule has 0 aromatic heterocycles. The number of rotatable bonds is 2. The summed E-state index contributed by atoms with van der Waals surface area (Å²) in [5.41, 5.74) is -0.0520. The minimum atomic E-state index is -0.863. The smallest absolute Gasteiger partial charge is 0.411 e. The lowest BCUT2D eigenvalue weighted by atomic mass is 10.1. The van der Waals surface area contributed by atoms with Crippen LogP contribution >= 0.6 is 0 Å². The van der Waals surface area contributed by atoms with Crippen molar-refractivity contribution in [3.8, 4) is 0 Å². The summed E-state index contributed by atoms with van der Waals surface area (Å²) < 4.78 is 18.9. The molecule has 0 unspecified atom stereocenters. The van der Waals surface area contributed by atoms with Gasteiger partial charge in [0.25, 0.3) is 0 Å². The average Bonchev–Trinajstić information content (AvgIpc) is 2.84. The zero-order valence-corrected chi connectivity index (χ0v) is 14.3. The third kappa shape index (κ3) is 4.23. The van der Waals surface area contributed by atoms with E-state index in [2.05, 4.69) is 5.32 Å². The van der Waals surface area contributed by atoms with Crippen LogP contribution in [0.15, 0.2) is 18.2 Å². The number of aliphatic hydroxyl groups excluding tert-OH is 1. The highest BCUT2D eigenvalue weighted by Crippen LogP contribution is 2.24. The fourth-order valence-electron chi connectivity index (χ4n) is 2.54. The lowest BCUT2D eigenvalue weighted by molar-refractivity contribution is -0.120. The quantitative estimate of drug-likeness (QED) is 0.868. The number of halogens is 1. The van der Waals surface area contributed by atoms with Gasteiger partial charge in [0.15, 0.2) is 0 Å². The van der Waals surface area contributed by atoms with E-state index in [1.165, 1.54) is 17.0 Å². The number of hydrogen-bond acceptors (Lipinski definition) is 4. The first kappa shape index (κ1) is 18.2. The maximum atomic E-state index is 13.6. The van der Waals surface area contributed by atoms with Gasteiger partial charge in [-0.15, -0.1) is 0 Å². The van der Waals surface area contributed by atoms with Crippen LogP contribution in [0.25, 0.3) is 0 Å². The van der Waals surface area contributed by atoms with Crippen molar-refractivity contribution in [2.45, 2.75) is 51.9 Å². The van der Waals surface area contributed by atoms with Gasteiger partial charge in [-0.05, 0) is 39.8 Å². The zero-order chi connectivity index (χ0) is 18.1. The third-order valence-electron chi connectivity index (χ3n) is 3.74. The predicted octanol–water partition coefficient (Wildman–Crippen LogP) is 2.44. The Balaban J connectivity index is 2.14. The standard InChI is InChI=1S/C17H23FN2O4/c1-10-12(18)6-5-7-13(10)19-15(22)14-8-11(21)9-20(14)16(23)24-17(2,3)4/h5-7,11,14,21H,8-9H2,1-4H3,(H,19,22)/t11-,14-/m0/s1. The first-order chi connectivity index (χ1) is 11.1. The first-order valence-electron chi connectivity index (χ1n) is 7.82. The molecule has 1 heterocycles. The highest BCUT2D eigenvalue weighted by Gasteiger charge is 2.41. The average molecular weight is 338 g/mol. The SMILES string of the molecule is Cc1c(F)cccc1NC(=O)[C@@H]1C[C@H](O)CN1C(=O)OC(C)(C)C. The van der Waals surface area contributed by atoms with Crippen molar-refractivity contribution >= 4 is 17.7 Å². The molecule has 2 rings (SSSR count). The highest BCUT2D eigenvalue weighted by molar-refractivity contribution is 5.97. The van der Waals surface area contributed by atoms with Crippen LogP contribution in [-0.4, -0.2) is 46.3 Å². The van der Waals surface area contributed by atoms with Gasteiger partial charge >= 0.3 is 6.09 Å². The third-order valence-corrected chi connectivity index (χ3v) is 3.74. The largest absolute Gasteiger partial charge is 0.444 e. The second-order valence-corrected chi connectivity index (χ2v) is 6.94. The van der Waals surface area contributed by atoms with Crippen LogP contribution < -0.4 is 5.32 Å². The van der Waals surface area contributed by atoms with E-state index in [0.717, 1.165) is 0 Å². The zero-order valence-electron chi connectivity index (χ0n) is 14.3. The van der Waals surface area contributed by atoms with Crippen LogP contribution in [0.5, 0.6) is 0 Å². The minimum absolute atomic E-state index is 0.0229. The number of anilines is 1. The highest BCUT2D eigenvalue weighted by atomic mass is 19.1. The number of hydrogen-bond donors (Lipinski definition) is 2. The summed E-state index contributed by atoms with van der Waals surface area (Å²) in [6.07, 6.45) is -1.35. The summed E-state index contributed by atoms with van der Waals surface area (Å²) in [5.74, 6) is -0.908. The molecule has 2 atom stereocenters. The number of nitrogens with one attached hydrogen (secondary N) is 1. The second kappa shape index (κ2) is 6.76. The number of carbonyl (C=O) groups excluding carboxylic acids is 2. The maximum absolute atomic E-state index is 13.6. The van der Waals surface area contributed by atoms with Gasteiger partial charge in [0, 0.05) is 17.7 Å². The van der Waals surface area contributed by atoms with E-state index < -0.39 is 35.6 Å². The molecule has 1 aromatic carbocycles. The molecule has 1 aliphatic heterocycles. The van der Waals surface area contributed by atoms with Crippen molar-refractivity contribution in [3.63, 3.8) is 0 Å². The van der Waals surface area contributed by atoms with E-state index in [0.29, 0.717) is 11.3 Å². The van der Waals surface area contributed by atoms with Crippen molar-refractivity contribution in [1.82, 2.24) is 4.90 Å². The van der Waals surface area contributed by atoms with E-state index >= 15 is 0 Å². The van der Waals surface area contributed by atoms with Crippen molar-refractivity contribution in [2.75, 3.05) is 11.9 Å². The first-order valence-corrected chi connectivity index (χ1v) is 7.82. The molecule has 24 heavy (non-hydrogen) atoms. The number of β-amino-alcohol motifs (C(OH)–C–C–N with tert-alkyl or cyclic N) is 1. The fourth-order valence-corrected chi connectivity index (χ4v) is 2.54. The number of benzene rings is 1. The molecule has 0 radical (unpaired) electrons. The van der Waals surface area contributed by atoms with E-state index in [1.807, 2.05) is 0 Å². The Bertz CT molecular complexity index is 642. The van der Waals surface area contributed by atoms with Gasteiger partial charge in [-0.25, -0.2) is 9.18 Å². The molecule has 0 saturated carbocycles. The molecule has 2 amide bonds. The van der Waals surface area contributed by atoms with E-state index in [-0.39, 0.29) is 13.0 Å². The lowest BCUT2D eigenvalue weighted by Gasteiger charge is -2.28. The Kier molecular flexibility index (Phi) is 5.13. The summed E-state index contributed by atoms with van der Waals surface area (Å²) in [7, 11) is 0. The van der Waals surface area contributed by atoms with E-state index in [1.54, 1.807) is 33.8 Å². The Morgan fingerprint density at radius 2 is 2.04 bits per heavy atom. The Labute approximate surface area is 140 Å². The van der Waals surface area contributed by atoms with Crippen LogP contribution in [0, 0.1) is 12.7 Å². The molecular formula is C17H23FN2O4. The summed E-state index contributed by atoms with van der Waals surface area (Å²) in [5, 5.41) is 12.5. The molecule has 7 heteroatoms. The van der Waals surface area contributed by atoms with E-state index in [4.69, 9.17) is 4.74 Å². The number of likely N-dealkylation sites (tertiary alicyclic amines) is 1. The molecule has 1 aromatic rings. The van der Waals surface area contributed by atoms with Gasteiger partial charge in [0.2, 0.25) is 5.91 Å². The molecule has 1 saturated heterocycles. The second-order valence-electron chi connectivity index (χ2n) is 6.94. The topological polar surface area (TPSA) is 78.9 Å². The molecule has 1 aliphatic rings. The van der Waals surface area contributed by atoms with Gasteiger partial charge in [-0.3, -0.25) is 9.69 Å². The normalized spacial score (nSPS) is 20.8. The maximum Gasteiger partial charge on any atom is 0.411 e. The van der Waals surface area contributed by atoms with Crippen LogP contribution in [0.4, 0.5) is 14.9 Å². The molecule has 132 valence electrons. The number of ether oxygens (including phenoxy) is 1. The van der Waals surface area contributed by atoms with Crippen molar-refractivity contribution in [3.05, 3.63) is 29.6 Å². The van der Waals surface area contributed by atoms with Gasteiger partial charge in [-0.2, -0.15) is 0 Å². The van der Waals surface area contributed by atoms with Crippen LogP contribution in [-0.2, 0) is 9.53 Å². The van der Waals surface area contributed by atoms with Crippen LogP contribution in [0.2, 0.25) is 0 Å². The summed E-state index contributed by atoms with van der Waals surface area (Å²) in [6, 6.07) is 3.52. The summed E-state index contributed by atoms with van der Waals surface area (Å²) in [6.45, 7) is 6.75. The Morgan fingerprint density at radius 3 is 2.67 bits per heavy atom. The molecule has 6 nitrogen and oxygen atoms in total. The lowest BCUT2D eigenvalue weighted by Crippen LogP contribution is -2.45. The molecule has 1 fully saturated rings. The molecule has 0 bridgehead atoms. The number of amides is 2. The van der Waals surface area contributed by atoms with Gasteiger partial charge in [0.1, 0.15) is 17.5 Å². The van der Waals surface area contributed by atoms with E-state index in [9.17, 15) is 19.1 Å². The minimum Gasteiger partial charge on any atom is -0.444 e. The van der Waals surface area contributed by atoms with Gasteiger partial charge in [0.05, 0.1) is 12.6 Å². The monoisotopic (exact) mass is 338 g/mol. The van der Waals surface area contributed by atoms with Crippen LogP contribution in [0.1, 0.15) is 32.8 Å². The Hall–Kier alpha value is -2.15. The van der Waals surface area contributed by atoms with Crippen molar-refractivity contribution in [1.29, 1.82) is 0 Å². The Morgan fingerprint density at radius 1 is 1.38 bits per heavy atom. The fraction of sp³-hybridized carbons (Fsp3) is 0.529. The summed E-state index contributed by atoms with van der Waals surface area (Å²) >= 11 is 0. The molecular weight excluding hydrogens is 315 g/mol. The van der Waals surface area contributed by atoms with Crippen molar-refractivity contribution < 1.29 is 23.8 Å². The number of carbonyl (C=O) groups is 2. The number of nitrogens with zero attached hydrogens (tertiary/aromatic N) is 1. The van der Waals surface area contributed by atoms with Gasteiger partial charge < -0.3 is 15.2 Å².